The Balaban J connectivity index is 1.74. The van der Waals surface area contributed by atoms with Crippen LogP contribution in [-0.4, -0.2) is 22.9 Å². The van der Waals surface area contributed by atoms with Crippen LogP contribution in [-0.2, 0) is 11.2 Å². The van der Waals surface area contributed by atoms with Crippen LogP contribution in [0.3, 0.4) is 0 Å². The summed E-state index contributed by atoms with van der Waals surface area (Å²) in [6.07, 6.45) is 4.86. The molecule has 1 aliphatic rings. The van der Waals surface area contributed by atoms with E-state index in [2.05, 4.69) is 0 Å². The van der Waals surface area contributed by atoms with E-state index in [0.29, 0.717) is 6.10 Å². The predicted molar refractivity (Wildman–Crippen MR) is 57.1 cm³/mol. The van der Waals surface area contributed by atoms with Gasteiger partial charge in [0, 0.05) is 0 Å². The predicted octanol–water partition coefficient (Wildman–Crippen LogP) is 2.21. The molecule has 1 aromatic carbocycles. The molecule has 0 radical (unpaired) electrons. The number of hydrogen-bond donors (Lipinski definition) is 2. The first-order chi connectivity index (χ1) is 7.25. The molecule has 3 nitrogen and oxygen atoms in total. The fourth-order valence-corrected chi connectivity index (χ4v) is 1.66. The molecule has 1 atom stereocenters. The number of phenolic OH excluding ortho intramolecular Hbond substituents is 2. The molecule has 1 heterocycles. The van der Waals surface area contributed by atoms with Gasteiger partial charge >= 0.3 is 0 Å². The Morgan fingerprint density at radius 3 is 2.67 bits per heavy atom. The van der Waals surface area contributed by atoms with E-state index < -0.39 is 0 Å². The second-order valence-electron chi connectivity index (χ2n) is 4.02. The van der Waals surface area contributed by atoms with Crippen molar-refractivity contribution in [1.82, 2.24) is 0 Å². The van der Waals surface area contributed by atoms with Gasteiger partial charge in [0.25, 0.3) is 0 Å². The summed E-state index contributed by atoms with van der Waals surface area (Å²) in [5, 5.41) is 18.4. The lowest BCUT2D eigenvalue weighted by atomic mass is 10.1. The largest absolute Gasteiger partial charge is 0.504 e. The van der Waals surface area contributed by atoms with Crippen molar-refractivity contribution in [2.75, 3.05) is 6.61 Å². The van der Waals surface area contributed by atoms with Crippen molar-refractivity contribution in [2.45, 2.75) is 31.8 Å². The zero-order valence-electron chi connectivity index (χ0n) is 8.65. The number of unbranched alkanes of at least 4 members (excludes halogenated alkanes) is 1. The van der Waals surface area contributed by atoms with Gasteiger partial charge in [-0.1, -0.05) is 12.5 Å². The van der Waals surface area contributed by atoms with Crippen LogP contribution < -0.4 is 0 Å². The molecule has 15 heavy (non-hydrogen) atoms. The molecule has 1 aromatic rings. The minimum Gasteiger partial charge on any atom is -0.504 e. The quantitative estimate of drug-likeness (QED) is 0.443. The van der Waals surface area contributed by atoms with E-state index in [1.165, 1.54) is 6.07 Å². The first-order valence-electron chi connectivity index (χ1n) is 5.38. The van der Waals surface area contributed by atoms with Crippen LogP contribution in [0.1, 0.15) is 24.8 Å². The number of aryl methyl sites for hydroxylation is 1. The van der Waals surface area contributed by atoms with Gasteiger partial charge in [0.05, 0.1) is 12.7 Å². The Bertz CT molecular complexity index is 332. The Labute approximate surface area is 89.3 Å². The summed E-state index contributed by atoms with van der Waals surface area (Å²) in [6, 6.07) is 5.01. The molecule has 3 heteroatoms. The fourth-order valence-electron chi connectivity index (χ4n) is 1.66. The average molecular weight is 208 g/mol. The van der Waals surface area contributed by atoms with Gasteiger partial charge in [-0.2, -0.15) is 0 Å². The van der Waals surface area contributed by atoms with Gasteiger partial charge in [0.2, 0.25) is 0 Å². The standard InChI is InChI=1S/C12H16O3/c13-11-6-5-9(7-12(11)14)3-1-2-4-10-8-15-10/h5-7,10,13-14H,1-4,8H2. The summed E-state index contributed by atoms with van der Waals surface area (Å²) < 4.78 is 5.12. The molecule has 2 rings (SSSR count). The molecule has 0 saturated carbocycles. The lowest BCUT2D eigenvalue weighted by Crippen LogP contribution is -1.89. The molecule has 82 valence electrons. The third-order valence-corrected chi connectivity index (χ3v) is 2.68. The summed E-state index contributed by atoms with van der Waals surface area (Å²) in [4.78, 5) is 0. The number of aromatic hydroxyl groups is 2. The van der Waals surface area contributed by atoms with Crippen molar-refractivity contribution in [3.8, 4) is 11.5 Å². The smallest absolute Gasteiger partial charge is 0.157 e. The highest BCUT2D eigenvalue weighted by atomic mass is 16.6. The molecule has 1 aliphatic heterocycles. The highest BCUT2D eigenvalue weighted by Crippen LogP contribution is 2.26. The zero-order valence-corrected chi connectivity index (χ0v) is 8.65. The van der Waals surface area contributed by atoms with E-state index in [-0.39, 0.29) is 11.5 Å². The Morgan fingerprint density at radius 1 is 1.20 bits per heavy atom. The normalized spacial score (nSPS) is 19.1. The molecule has 0 bridgehead atoms. The monoisotopic (exact) mass is 208 g/mol. The van der Waals surface area contributed by atoms with Crippen molar-refractivity contribution in [3.05, 3.63) is 23.8 Å². The first-order valence-corrected chi connectivity index (χ1v) is 5.38. The van der Waals surface area contributed by atoms with Gasteiger partial charge in [-0.25, -0.2) is 0 Å². The Kier molecular flexibility index (Phi) is 3.11. The lowest BCUT2D eigenvalue weighted by Gasteiger charge is -2.03. The van der Waals surface area contributed by atoms with Crippen LogP contribution in [0.15, 0.2) is 18.2 Å². The van der Waals surface area contributed by atoms with E-state index in [4.69, 9.17) is 9.84 Å². The van der Waals surface area contributed by atoms with Crippen molar-refractivity contribution >= 4 is 0 Å². The molecule has 2 N–H and O–H groups in total. The second-order valence-corrected chi connectivity index (χ2v) is 4.02. The highest BCUT2D eigenvalue weighted by Gasteiger charge is 2.20. The topological polar surface area (TPSA) is 53.0 Å². The van der Waals surface area contributed by atoms with Crippen molar-refractivity contribution < 1.29 is 14.9 Å². The molecular weight excluding hydrogens is 192 g/mol. The number of epoxide rings is 1. The molecule has 0 aliphatic carbocycles. The third-order valence-electron chi connectivity index (χ3n) is 2.68. The van der Waals surface area contributed by atoms with E-state index in [0.717, 1.165) is 37.9 Å². The van der Waals surface area contributed by atoms with Crippen molar-refractivity contribution in [1.29, 1.82) is 0 Å². The zero-order chi connectivity index (χ0) is 10.7. The third kappa shape index (κ3) is 3.13. The van der Waals surface area contributed by atoms with Crippen molar-refractivity contribution in [2.24, 2.45) is 0 Å². The summed E-state index contributed by atoms with van der Waals surface area (Å²) in [5.74, 6) is -0.0804. The van der Waals surface area contributed by atoms with Crippen LogP contribution >= 0.6 is 0 Å². The maximum absolute atomic E-state index is 9.28. The number of ether oxygens (including phenoxy) is 1. The summed E-state index contributed by atoms with van der Waals surface area (Å²) in [5.41, 5.74) is 1.07. The fraction of sp³-hybridized carbons (Fsp3) is 0.500. The van der Waals surface area contributed by atoms with Crippen LogP contribution in [0.4, 0.5) is 0 Å². The molecule has 0 spiro atoms. The number of hydrogen-bond acceptors (Lipinski definition) is 3. The number of benzene rings is 1. The van der Waals surface area contributed by atoms with Crippen LogP contribution in [0.25, 0.3) is 0 Å². The maximum atomic E-state index is 9.28. The highest BCUT2D eigenvalue weighted by molar-refractivity contribution is 5.40. The summed E-state index contributed by atoms with van der Waals surface area (Å²) in [7, 11) is 0. The van der Waals surface area contributed by atoms with Gasteiger partial charge in [-0.05, 0) is 37.0 Å². The van der Waals surface area contributed by atoms with Crippen LogP contribution in [0.2, 0.25) is 0 Å². The van der Waals surface area contributed by atoms with E-state index in [9.17, 15) is 5.11 Å². The number of rotatable bonds is 5. The Hall–Kier alpha value is -1.22. The molecule has 1 unspecified atom stereocenters. The molecule has 0 amide bonds. The number of phenols is 2. The van der Waals surface area contributed by atoms with Gasteiger partial charge in [0.15, 0.2) is 11.5 Å². The molecule has 1 fully saturated rings. The van der Waals surface area contributed by atoms with Gasteiger partial charge in [-0.15, -0.1) is 0 Å². The van der Waals surface area contributed by atoms with Gasteiger partial charge < -0.3 is 14.9 Å². The van der Waals surface area contributed by atoms with E-state index in [1.54, 1.807) is 6.07 Å². The summed E-state index contributed by atoms with van der Waals surface area (Å²) >= 11 is 0. The van der Waals surface area contributed by atoms with Crippen LogP contribution in [0, 0.1) is 0 Å². The second kappa shape index (κ2) is 4.53. The van der Waals surface area contributed by atoms with Crippen molar-refractivity contribution in [3.63, 3.8) is 0 Å². The lowest BCUT2D eigenvalue weighted by molar-refractivity contribution is 0.389. The molecule has 1 saturated heterocycles. The maximum Gasteiger partial charge on any atom is 0.157 e. The van der Waals surface area contributed by atoms with E-state index in [1.807, 2.05) is 6.07 Å². The minimum atomic E-state index is -0.0508. The molecule has 0 aromatic heterocycles. The molecular formula is C12H16O3. The summed E-state index contributed by atoms with van der Waals surface area (Å²) in [6.45, 7) is 0.931. The van der Waals surface area contributed by atoms with Gasteiger partial charge in [-0.3, -0.25) is 0 Å². The first kappa shape index (κ1) is 10.3. The Morgan fingerprint density at radius 2 is 2.00 bits per heavy atom. The van der Waals surface area contributed by atoms with Gasteiger partial charge in [0.1, 0.15) is 0 Å². The SMILES string of the molecule is Oc1ccc(CCCCC2CO2)cc1O. The average Bonchev–Trinajstić information content (AvgIpc) is 3.02. The van der Waals surface area contributed by atoms with Crippen LogP contribution in [0.5, 0.6) is 11.5 Å². The van der Waals surface area contributed by atoms with E-state index >= 15 is 0 Å². The minimum absolute atomic E-state index is 0.0296.